The highest BCUT2D eigenvalue weighted by Gasteiger charge is 2.05. The van der Waals surface area contributed by atoms with Crippen molar-refractivity contribution in [3.05, 3.63) is 34.3 Å². The lowest BCUT2D eigenvalue weighted by Gasteiger charge is -2.14. The number of amides is 1. The normalized spacial score (nSPS) is 11.2. The first-order chi connectivity index (χ1) is 10.5. The number of nitrogens with zero attached hydrogens (tertiary/aromatic N) is 2. The van der Waals surface area contributed by atoms with Crippen LogP contribution in [0.2, 0.25) is 0 Å². The second-order valence-electron chi connectivity index (χ2n) is 4.85. The van der Waals surface area contributed by atoms with Crippen LogP contribution in [0.25, 0.3) is 0 Å². The first kappa shape index (κ1) is 18.4. The molecule has 0 radical (unpaired) electrons. The number of hydrogen-bond donors (Lipinski definition) is 2. The van der Waals surface area contributed by atoms with Crippen LogP contribution in [0.4, 0.5) is 0 Å². The van der Waals surface area contributed by atoms with Gasteiger partial charge in [-0.05, 0) is 17.7 Å². The molecule has 1 rings (SSSR count). The topological polar surface area (TPSA) is 66.0 Å². The van der Waals surface area contributed by atoms with Crippen molar-refractivity contribution in [2.45, 2.75) is 6.54 Å². The van der Waals surface area contributed by atoms with Crippen LogP contribution in [0.15, 0.2) is 33.7 Å². The fourth-order valence-corrected chi connectivity index (χ4v) is 1.79. The summed E-state index contributed by atoms with van der Waals surface area (Å²) in [5.41, 5.74) is 1.09. The van der Waals surface area contributed by atoms with E-state index in [4.69, 9.17) is 4.74 Å². The molecule has 0 saturated carbocycles. The van der Waals surface area contributed by atoms with E-state index in [0.29, 0.717) is 25.7 Å². The highest BCUT2D eigenvalue weighted by atomic mass is 79.9. The van der Waals surface area contributed by atoms with Gasteiger partial charge in [-0.2, -0.15) is 0 Å². The second kappa shape index (κ2) is 10.2. The molecule has 1 aromatic rings. The van der Waals surface area contributed by atoms with Crippen molar-refractivity contribution < 1.29 is 9.53 Å². The Morgan fingerprint density at radius 3 is 2.55 bits per heavy atom. The zero-order chi connectivity index (χ0) is 16.4. The van der Waals surface area contributed by atoms with Crippen molar-refractivity contribution >= 4 is 27.8 Å². The molecular weight excluding hydrogens is 348 g/mol. The molecule has 22 heavy (non-hydrogen) atoms. The number of hydrogen-bond acceptors (Lipinski definition) is 3. The number of ether oxygens (including phenoxy) is 1. The van der Waals surface area contributed by atoms with E-state index in [1.165, 1.54) is 4.90 Å². The maximum atomic E-state index is 11.6. The van der Waals surface area contributed by atoms with Gasteiger partial charge in [-0.25, -0.2) is 4.99 Å². The van der Waals surface area contributed by atoms with Crippen molar-refractivity contribution in [3.8, 4) is 0 Å². The third-order valence-electron chi connectivity index (χ3n) is 2.84. The smallest absolute Gasteiger partial charge is 0.241 e. The van der Waals surface area contributed by atoms with Gasteiger partial charge in [0, 0.05) is 32.2 Å². The Hall–Kier alpha value is -1.60. The van der Waals surface area contributed by atoms with Gasteiger partial charge in [0.15, 0.2) is 5.96 Å². The summed E-state index contributed by atoms with van der Waals surface area (Å²) < 4.78 is 6.04. The van der Waals surface area contributed by atoms with Crippen molar-refractivity contribution in [1.82, 2.24) is 15.5 Å². The van der Waals surface area contributed by atoms with Crippen LogP contribution in [-0.2, 0) is 16.1 Å². The fourth-order valence-electron chi connectivity index (χ4n) is 1.52. The summed E-state index contributed by atoms with van der Waals surface area (Å²) in [7, 11) is 5.09. The minimum absolute atomic E-state index is 0.00937. The summed E-state index contributed by atoms with van der Waals surface area (Å²) in [6.07, 6.45) is 0. The van der Waals surface area contributed by atoms with Gasteiger partial charge in [0.25, 0.3) is 0 Å². The van der Waals surface area contributed by atoms with Gasteiger partial charge < -0.3 is 20.3 Å². The van der Waals surface area contributed by atoms with E-state index < -0.39 is 0 Å². The van der Waals surface area contributed by atoms with Crippen molar-refractivity contribution in [2.24, 2.45) is 4.99 Å². The van der Waals surface area contributed by atoms with Crippen LogP contribution in [0.1, 0.15) is 5.56 Å². The Morgan fingerprint density at radius 1 is 1.27 bits per heavy atom. The molecule has 0 aliphatic heterocycles. The maximum absolute atomic E-state index is 11.6. The van der Waals surface area contributed by atoms with Crippen LogP contribution >= 0.6 is 15.9 Å². The number of benzene rings is 1. The Labute approximate surface area is 140 Å². The zero-order valence-electron chi connectivity index (χ0n) is 13.2. The van der Waals surface area contributed by atoms with E-state index >= 15 is 0 Å². The predicted octanol–water partition coefficient (Wildman–Crippen LogP) is 1.22. The van der Waals surface area contributed by atoms with Crippen LogP contribution in [0.3, 0.4) is 0 Å². The number of nitrogens with one attached hydrogen (secondary N) is 2. The molecule has 1 aromatic carbocycles. The number of guanidine groups is 1. The SMILES string of the molecule is COCCNC(=NCc1ccc(Br)cc1)NCC(=O)N(C)C. The molecule has 6 nitrogen and oxygen atoms in total. The minimum Gasteiger partial charge on any atom is -0.383 e. The highest BCUT2D eigenvalue weighted by Crippen LogP contribution is 2.10. The molecule has 7 heteroatoms. The molecular formula is C15H23BrN4O2. The third kappa shape index (κ3) is 7.42. The Bertz CT molecular complexity index is 489. The van der Waals surface area contributed by atoms with E-state index in [1.807, 2.05) is 24.3 Å². The quantitative estimate of drug-likeness (QED) is 0.430. The standard InChI is InChI=1S/C15H23BrN4O2/c1-20(2)14(21)11-19-15(17-8-9-22-3)18-10-12-4-6-13(16)7-5-12/h4-7H,8-11H2,1-3H3,(H2,17,18,19). The molecule has 1 amide bonds. The van der Waals surface area contributed by atoms with Gasteiger partial charge >= 0.3 is 0 Å². The highest BCUT2D eigenvalue weighted by molar-refractivity contribution is 9.10. The largest absolute Gasteiger partial charge is 0.383 e. The summed E-state index contributed by atoms with van der Waals surface area (Å²) in [5, 5.41) is 6.15. The molecule has 122 valence electrons. The monoisotopic (exact) mass is 370 g/mol. The summed E-state index contributed by atoms with van der Waals surface area (Å²) in [5.74, 6) is 0.583. The van der Waals surface area contributed by atoms with E-state index in [2.05, 4.69) is 31.6 Å². The first-order valence-electron chi connectivity index (χ1n) is 6.98. The lowest BCUT2D eigenvalue weighted by atomic mass is 10.2. The van der Waals surface area contributed by atoms with Gasteiger partial charge in [-0.15, -0.1) is 0 Å². The minimum atomic E-state index is -0.00937. The number of likely N-dealkylation sites (N-methyl/N-ethyl adjacent to an activating group) is 1. The summed E-state index contributed by atoms with van der Waals surface area (Å²) in [4.78, 5) is 17.7. The van der Waals surface area contributed by atoms with Crippen molar-refractivity contribution in [1.29, 1.82) is 0 Å². The van der Waals surface area contributed by atoms with Crippen LogP contribution in [0, 0.1) is 0 Å². The fraction of sp³-hybridized carbons (Fsp3) is 0.467. The second-order valence-corrected chi connectivity index (χ2v) is 5.77. The molecule has 0 aliphatic carbocycles. The molecule has 0 fully saturated rings. The van der Waals surface area contributed by atoms with E-state index in [0.717, 1.165) is 10.0 Å². The number of rotatable bonds is 7. The number of halogens is 1. The van der Waals surface area contributed by atoms with Crippen LogP contribution < -0.4 is 10.6 Å². The average molecular weight is 371 g/mol. The number of methoxy groups -OCH3 is 1. The van der Waals surface area contributed by atoms with Gasteiger partial charge in [-0.1, -0.05) is 28.1 Å². The molecule has 0 aromatic heterocycles. The third-order valence-corrected chi connectivity index (χ3v) is 3.37. The number of aliphatic imine (C=N–C) groups is 1. The Kier molecular flexibility index (Phi) is 8.54. The lowest BCUT2D eigenvalue weighted by Crippen LogP contribution is -2.43. The van der Waals surface area contributed by atoms with Gasteiger partial charge in [-0.3, -0.25) is 4.79 Å². The first-order valence-corrected chi connectivity index (χ1v) is 7.78. The molecule has 0 spiro atoms. The molecule has 0 aliphatic rings. The van der Waals surface area contributed by atoms with Gasteiger partial charge in [0.2, 0.25) is 5.91 Å². The predicted molar refractivity (Wildman–Crippen MR) is 91.9 cm³/mol. The molecule has 0 saturated heterocycles. The molecule has 0 unspecified atom stereocenters. The molecule has 2 N–H and O–H groups in total. The van der Waals surface area contributed by atoms with E-state index in [1.54, 1.807) is 21.2 Å². The zero-order valence-corrected chi connectivity index (χ0v) is 14.8. The summed E-state index contributed by atoms with van der Waals surface area (Å²) >= 11 is 3.41. The Balaban J connectivity index is 2.60. The maximum Gasteiger partial charge on any atom is 0.241 e. The van der Waals surface area contributed by atoms with Crippen molar-refractivity contribution in [3.63, 3.8) is 0 Å². The van der Waals surface area contributed by atoms with Crippen molar-refractivity contribution in [2.75, 3.05) is 40.9 Å². The Morgan fingerprint density at radius 2 is 1.95 bits per heavy atom. The molecule has 0 heterocycles. The van der Waals surface area contributed by atoms with E-state index in [-0.39, 0.29) is 12.5 Å². The van der Waals surface area contributed by atoms with Crippen LogP contribution in [0.5, 0.6) is 0 Å². The average Bonchev–Trinajstić information content (AvgIpc) is 2.50. The summed E-state index contributed by atoms with van der Waals surface area (Å²) in [6, 6.07) is 7.97. The molecule has 0 atom stereocenters. The lowest BCUT2D eigenvalue weighted by molar-refractivity contribution is -0.127. The van der Waals surface area contributed by atoms with Crippen LogP contribution in [-0.4, -0.2) is 57.7 Å². The van der Waals surface area contributed by atoms with Gasteiger partial charge in [0.05, 0.1) is 19.7 Å². The number of carbonyl (C=O) groups excluding carboxylic acids is 1. The van der Waals surface area contributed by atoms with E-state index in [9.17, 15) is 4.79 Å². The molecule has 0 bridgehead atoms. The summed E-state index contributed by atoms with van der Waals surface area (Å²) in [6.45, 7) is 1.93. The van der Waals surface area contributed by atoms with Gasteiger partial charge in [0.1, 0.15) is 0 Å². The number of carbonyl (C=O) groups is 1.